The second-order valence-electron chi connectivity index (χ2n) is 5.96. The second-order valence-corrected chi connectivity index (χ2v) is 5.96. The summed E-state index contributed by atoms with van der Waals surface area (Å²) in [7, 11) is 0. The molecule has 0 unspecified atom stereocenters. The highest BCUT2D eigenvalue weighted by molar-refractivity contribution is 5.84. The summed E-state index contributed by atoms with van der Waals surface area (Å²) in [5, 5.41) is 13.4. The molecule has 2 aliphatic heterocycles. The van der Waals surface area contributed by atoms with E-state index in [2.05, 4.69) is 20.6 Å². The third-order valence-electron chi connectivity index (χ3n) is 4.34. The van der Waals surface area contributed by atoms with Crippen molar-refractivity contribution in [2.45, 2.75) is 19.6 Å². The molecule has 2 atom stereocenters. The maximum absolute atomic E-state index is 12.4. The molecule has 0 aliphatic carbocycles. The van der Waals surface area contributed by atoms with Crippen LogP contribution in [0, 0.1) is 18.3 Å². The highest BCUT2D eigenvalue weighted by Gasteiger charge is 2.52. The van der Waals surface area contributed by atoms with Crippen LogP contribution in [0.2, 0.25) is 0 Å². The number of aliphatic carboxylic acids is 1. The number of hydrogen-bond donors (Lipinski definition) is 4. The van der Waals surface area contributed by atoms with E-state index >= 15 is 0 Å². The number of halogens is 3. The van der Waals surface area contributed by atoms with Crippen molar-refractivity contribution in [3.8, 4) is 0 Å². The number of carbonyl (C=O) groups excluding carboxylic acids is 1. The molecule has 2 fully saturated rings. The van der Waals surface area contributed by atoms with Gasteiger partial charge in [-0.05, 0) is 6.92 Å². The molecule has 1 aromatic heterocycles. The zero-order valence-electron chi connectivity index (χ0n) is 13.4. The third-order valence-corrected chi connectivity index (χ3v) is 4.34. The zero-order valence-corrected chi connectivity index (χ0v) is 13.4. The van der Waals surface area contributed by atoms with Crippen molar-refractivity contribution in [3.05, 3.63) is 17.7 Å². The van der Waals surface area contributed by atoms with Gasteiger partial charge in [0.25, 0.3) is 0 Å². The molecule has 0 saturated carbocycles. The number of carboxylic acids is 1. The van der Waals surface area contributed by atoms with Gasteiger partial charge in [-0.3, -0.25) is 4.79 Å². The molecule has 0 bridgehead atoms. The Morgan fingerprint density at radius 3 is 2.76 bits per heavy atom. The number of carbonyl (C=O) groups is 2. The molecule has 140 valence electrons. The molecule has 1 amide bonds. The highest BCUT2D eigenvalue weighted by atomic mass is 19.4. The van der Waals surface area contributed by atoms with Crippen LogP contribution in [0.4, 0.5) is 13.2 Å². The zero-order chi connectivity index (χ0) is 18.7. The van der Waals surface area contributed by atoms with Gasteiger partial charge in [-0.1, -0.05) is 0 Å². The van der Waals surface area contributed by atoms with Crippen molar-refractivity contribution < 1.29 is 32.6 Å². The van der Waals surface area contributed by atoms with Crippen LogP contribution in [0.3, 0.4) is 0 Å². The van der Waals surface area contributed by atoms with Crippen molar-refractivity contribution in [3.63, 3.8) is 0 Å². The molecule has 0 radical (unpaired) electrons. The summed E-state index contributed by atoms with van der Waals surface area (Å²) in [6.45, 7) is 5.21. The maximum atomic E-state index is 12.4. The van der Waals surface area contributed by atoms with Crippen LogP contribution in [-0.2, 0) is 20.9 Å². The predicted octanol–water partition coefficient (Wildman–Crippen LogP) is 0.204. The van der Waals surface area contributed by atoms with Gasteiger partial charge in [-0.25, -0.2) is 9.78 Å². The fourth-order valence-corrected chi connectivity index (χ4v) is 2.82. The molecule has 2 saturated heterocycles. The Morgan fingerprint density at radius 2 is 2.20 bits per heavy atom. The normalized spacial score (nSPS) is 25.0. The average Bonchev–Trinajstić information content (AvgIpc) is 3.19. The van der Waals surface area contributed by atoms with E-state index in [9.17, 15) is 18.0 Å². The number of fused-ring (bicyclic) bond motifs is 1. The fraction of sp³-hybridized carbons (Fsp3) is 0.643. The smallest absolute Gasteiger partial charge is 0.475 e. The largest absolute Gasteiger partial charge is 0.490 e. The Morgan fingerprint density at radius 1 is 1.52 bits per heavy atom. The molecule has 3 heterocycles. The Hall–Kier alpha value is -2.14. The summed E-state index contributed by atoms with van der Waals surface area (Å²) in [4.78, 5) is 28.5. The molecular formula is C14H19F3N4O4. The summed E-state index contributed by atoms with van der Waals surface area (Å²) in [5.74, 6) is -2.37. The lowest BCUT2D eigenvalue weighted by molar-refractivity contribution is -0.192. The predicted molar refractivity (Wildman–Crippen MR) is 78.5 cm³/mol. The van der Waals surface area contributed by atoms with E-state index in [-0.39, 0.29) is 11.3 Å². The van der Waals surface area contributed by atoms with Crippen LogP contribution in [0.1, 0.15) is 11.4 Å². The Kier molecular flexibility index (Phi) is 5.68. The van der Waals surface area contributed by atoms with Crippen molar-refractivity contribution in [2.75, 3.05) is 26.3 Å². The third kappa shape index (κ3) is 4.28. The number of nitrogens with one attached hydrogen (secondary N) is 3. The van der Waals surface area contributed by atoms with Gasteiger partial charge in [0.15, 0.2) is 0 Å². The van der Waals surface area contributed by atoms with E-state index in [1.54, 1.807) is 6.33 Å². The summed E-state index contributed by atoms with van der Waals surface area (Å²) < 4.78 is 37.2. The van der Waals surface area contributed by atoms with E-state index in [1.165, 1.54) is 0 Å². The fourth-order valence-electron chi connectivity index (χ4n) is 2.82. The van der Waals surface area contributed by atoms with Crippen molar-refractivity contribution in [1.29, 1.82) is 0 Å². The lowest BCUT2D eigenvalue weighted by Gasteiger charge is -2.24. The first-order valence-electron chi connectivity index (χ1n) is 7.52. The molecule has 0 aromatic carbocycles. The number of carboxylic acid groups (broad SMARTS) is 1. The first kappa shape index (κ1) is 19.2. The Bertz CT molecular complexity index is 622. The van der Waals surface area contributed by atoms with E-state index < -0.39 is 12.1 Å². The van der Waals surface area contributed by atoms with Crippen LogP contribution in [0.15, 0.2) is 6.33 Å². The average molecular weight is 364 g/mol. The van der Waals surface area contributed by atoms with Crippen molar-refractivity contribution in [1.82, 2.24) is 20.6 Å². The number of alkyl halides is 3. The first-order chi connectivity index (χ1) is 11.7. The van der Waals surface area contributed by atoms with Crippen LogP contribution in [0.5, 0.6) is 0 Å². The number of aromatic nitrogens is 2. The van der Waals surface area contributed by atoms with Crippen LogP contribution >= 0.6 is 0 Å². The second kappa shape index (κ2) is 7.40. The Balaban J connectivity index is 0.000000277. The van der Waals surface area contributed by atoms with Gasteiger partial charge in [-0.2, -0.15) is 13.2 Å². The molecular weight excluding hydrogens is 345 g/mol. The topological polar surface area (TPSA) is 116 Å². The summed E-state index contributed by atoms with van der Waals surface area (Å²) >= 11 is 0. The summed E-state index contributed by atoms with van der Waals surface area (Å²) in [6.07, 6.45) is -3.44. The van der Waals surface area contributed by atoms with Crippen LogP contribution < -0.4 is 10.6 Å². The number of imidazole rings is 1. The number of aromatic amines is 1. The molecule has 3 rings (SSSR count). The maximum Gasteiger partial charge on any atom is 0.490 e. The lowest BCUT2D eigenvalue weighted by Crippen LogP contribution is -2.46. The number of hydrogen-bond acceptors (Lipinski definition) is 5. The van der Waals surface area contributed by atoms with E-state index in [1.807, 2.05) is 6.92 Å². The minimum absolute atomic E-state index is 0.0809. The number of nitrogens with zero attached hydrogens (tertiary/aromatic N) is 1. The van der Waals surface area contributed by atoms with Gasteiger partial charge >= 0.3 is 12.1 Å². The quantitative estimate of drug-likeness (QED) is 0.609. The lowest BCUT2D eigenvalue weighted by atomic mass is 9.80. The van der Waals surface area contributed by atoms with Crippen molar-refractivity contribution >= 4 is 11.9 Å². The number of H-pyrrole nitrogens is 1. The van der Waals surface area contributed by atoms with E-state index in [4.69, 9.17) is 14.6 Å². The molecule has 25 heavy (non-hydrogen) atoms. The SMILES string of the molecule is Cc1[nH]cnc1CNC(=O)[C@]12CNC[C@H]1COC2.O=C(O)C(F)(F)F. The monoisotopic (exact) mass is 364 g/mol. The minimum Gasteiger partial charge on any atom is -0.475 e. The Labute approximate surface area is 141 Å². The van der Waals surface area contributed by atoms with Gasteiger partial charge in [0.05, 0.1) is 37.2 Å². The molecule has 0 spiro atoms. The van der Waals surface area contributed by atoms with Gasteiger partial charge in [0, 0.05) is 24.7 Å². The minimum atomic E-state index is -5.08. The molecule has 1 aromatic rings. The first-order valence-corrected chi connectivity index (χ1v) is 7.52. The summed E-state index contributed by atoms with van der Waals surface area (Å²) in [5.41, 5.74) is 1.52. The number of amides is 1. The molecule has 11 heteroatoms. The van der Waals surface area contributed by atoms with Crippen LogP contribution in [-0.4, -0.2) is 59.4 Å². The van der Waals surface area contributed by atoms with E-state index in [0.29, 0.717) is 32.2 Å². The van der Waals surface area contributed by atoms with Gasteiger partial charge in [0.2, 0.25) is 5.91 Å². The summed E-state index contributed by atoms with van der Waals surface area (Å²) in [6, 6.07) is 0. The highest BCUT2D eigenvalue weighted by Crippen LogP contribution is 2.37. The molecule has 2 aliphatic rings. The standard InChI is InChI=1S/C12H18N4O2.C2HF3O2/c1-8-10(16-7-15-8)3-14-11(17)12-5-13-2-9(12)4-18-6-12;3-2(4,5)1(6)7/h7,9,13H,2-6H2,1H3,(H,14,17)(H,15,16);(H,6,7)/t9-,12-;/m0./s1. The van der Waals surface area contributed by atoms with Gasteiger partial charge in [0.1, 0.15) is 0 Å². The van der Waals surface area contributed by atoms with Crippen molar-refractivity contribution in [2.24, 2.45) is 11.3 Å². The number of aryl methyl sites for hydroxylation is 1. The number of rotatable bonds is 3. The van der Waals surface area contributed by atoms with Gasteiger partial charge < -0.3 is 25.5 Å². The molecule has 8 nitrogen and oxygen atoms in total. The van der Waals surface area contributed by atoms with E-state index in [0.717, 1.165) is 17.9 Å². The molecule has 4 N–H and O–H groups in total. The van der Waals surface area contributed by atoms with Crippen LogP contribution in [0.25, 0.3) is 0 Å². The number of ether oxygens (including phenoxy) is 1. The van der Waals surface area contributed by atoms with Gasteiger partial charge in [-0.15, -0.1) is 0 Å².